The molecular weight excluding hydrogens is 482 g/mol. The molecule has 0 fully saturated rings. The van der Waals surface area contributed by atoms with E-state index in [1.165, 1.54) is 23.6 Å². The molecule has 0 amide bonds. The number of fused-ring (bicyclic) bond motifs is 1. The Morgan fingerprint density at radius 3 is 2.56 bits per heavy atom. The van der Waals surface area contributed by atoms with Gasteiger partial charge in [0.15, 0.2) is 11.6 Å². The third-order valence-electron chi connectivity index (χ3n) is 5.67. The standard InChI is InChI=1S/C25H23F3NO3PS/c1-3-15(2)32-33(30,31)21(14-16-10-11-19(26)20(27)13-16)24-23(18-8-6-12-29-25(18)28)17-7-4-5-9-22(17)34-24/h4-13,15,21H,3,14H2,1-2H3,(H,30,31). The summed E-state index contributed by atoms with van der Waals surface area (Å²) in [7, 11) is -4.36. The van der Waals surface area contributed by atoms with Gasteiger partial charge >= 0.3 is 7.60 Å². The van der Waals surface area contributed by atoms with Crippen molar-refractivity contribution in [2.24, 2.45) is 0 Å². The molecule has 9 heteroatoms. The van der Waals surface area contributed by atoms with Crippen LogP contribution in [0.5, 0.6) is 0 Å². The molecule has 0 aliphatic heterocycles. The van der Waals surface area contributed by atoms with Gasteiger partial charge in [0.1, 0.15) is 5.66 Å². The third-order valence-corrected chi connectivity index (χ3v) is 9.02. The molecule has 0 spiro atoms. The second-order valence-corrected chi connectivity index (χ2v) is 11.1. The Bertz CT molecular complexity index is 1380. The van der Waals surface area contributed by atoms with Gasteiger partial charge in [-0.1, -0.05) is 31.2 Å². The van der Waals surface area contributed by atoms with Crippen LogP contribution in [0.2, 0.25) is 0 Å². The van der Waals surface area contributed by atoms with Gasteiger partial charge in [0.05, 0.1) is 6.10 Å². The molecule has 4 nitrogen and oxygen atoms in total. The predicted octanol–water partition coefficient (Wildman–Crippen LogP) is 7.66. The lowest BCUT2D eigenvalue weighted by Gasteiger charge is -2.26. The maximum atomic E-state index is 14.8. The van der Waals surface area contributed by atoms with Gasteiger partial charge < -0.3 is 9.42 Å². The zero-order valence-corrected chi connectivity index (χ0v) is 20.3. The van der Waals surface area contributed by atoms with E-state index in [9.17, 15) is 22.6 Å². The number of rotatable bonds is 8. The highest BCUT2D eigenvalue weighted by atomic mass is 32.1. The normalized spacial score (nSPS) is 15.2. The maximum absolute atomic E-state index is 14.8. The summed E-state index contributed by atoms with van der Waals surface area (Å²) in [5, 5.41) is 0.702. The minimum Gasteiger partial charge on any atom is -0.324 e. The predicted molar refractivity (Wildman–Crippen MR) is 128 cm³/mol. The van der Waals surface area contributed by atoms with Crippen molar-refractivity contribution in [3.05, 3.63) is 88.8 Å². The Morgan fingerprint density at radius 1 is 1.09 bits per heavy atom. The summed E-state index contributed by atoms with van der Waals surface area (Å²) >= 11 is 1.25. The molecule has 2 aromatic carbocycles. The minimum atomic E-state index is -4.36. The quantitative estimate of drug-likeness (QED) is 0.197. The summed E-state index contributed by atoms with van der Waals surface area (Å²) in [5.74, 6) is -2.78. The van der Waals surface area contributed by atoms with Gasteiger partial charge in [0.2, 0.25) is 5.95 Å². The van der Waals surface area contributed by atoms with Gasteiger partial charge in [-0.25, -0.2) is 13.8 Å². The molecule has 0 saturated heterocycles. The number of hydrogen-bond donors (Lipinski definition) is 1. The number of pyridine rings is 1. The van der Waals surface area contributed by atoms with E-state index in [2.05, 4.69) is 4.98 Å². The molecule has 2 aromatic heterocycles. The molecule has 34 heavy (non-hydrogen) atoms. The van der Waals surface area contributed by atoms with Gasteiger partial charge in [-0.15, -0.1) is 11.3 Å². The van der Waals surface area contributed by atoms with Crippen molar-refractivity contribution in [3.8, 4) is 11.1 Å². The Labute approximate surface area is 199 Å². The summed E-state index contributed by atoms with van der Waals surface area (Å²) in [5.41, 5.74) is -0.186. The molecule has 3 atom stereocenters. The van der Waals surface area contributed by atoms with Gasteiger partial charge in [-0.3, -0.25) is 4.57 Å². The van der Waals surface area contributed by atoms with Crippen LogP contribution in [0.4, 0.5) is 13.2 Å². The SMILES string of the molecule is CCC(C)OP(=O)(O)C(Cc1ccc(F)c(F)c1)c1sc2ccccc2c1-c1cccnc1F. The number of thiophene rings is 1. The van der Waals surface area contributed by atoms with E-state index in [1.54, 1.807) is 25.1 Å². The average Bonchev–Trinajstić information content (AvgIpc) is 3.18. The summed E-state index contributed by atoms with van der Waals surface area (Å²) in [6.07, 6.45) is 1.20. The first-order valence-corrected chi connectivity index (χ1v) is 13.2. The molecule has 3 unspecified atom stereocenters. The molecule has 4 aromatic rings. The fraction of sp³-hybridized carbons (Fsp3) is 0.240. The van der Waals surface area contributed by atoms with Crippen molar-refractivity contribution in [2.75, 3.05) is 0 Å². The Hall–Kier alpha value is -2.51. The number of benzene rings is 2. The van der Waals surface area contributed by atoms with Gasteiger partial charge in [0, 0.05) is 32.3 Å². The first kappa shape index (κ1) is 24.6. The van der Waals surface area contributed by atoms with Crippen LogP contribution in [0.15, 0.2) is 60.8 Å². The lowest BCUT2D eigenvalue weighted by atomic mass is 9.99. The van der Waals surface area contributed by atoms with Crippen LogP contribution in [0.3, 0.4) is 0 Å². The molecule has 0 saturated carbocycles. The van der Waals surface area contributed by atoms with Gasteiger partial charge in [-0.2, -0.15) is 4.39 Å². The minimum absolute atomic E-state index is 0.108. The Balaban J connectivity index is 1.95. The van der Waals surface area contributed by atoms with Gasteiger partial charge in [0.25, 0.3) is 0 Å². The lowest BCUT2D eigenvalue weighted by Crippen LogP contribution is -2.12. The van der Waals surface area contributed by atoms with E-state index < -0.39 is 36.9 Å². The number of halogens is 3. The fourth-order valence-electron chi connectivity index (χ4n) is 3.80. The Morgan fingerprint density at radius 2 is 1.85 bits per heavy atom. The largest absolute Gasteiger partial charge is 0.336 e. The van der Waals surface area contributed by atoms with Crippen LogP contribution in [0.1, 0.15) is 36.4 Å². The van der Waals surface area contributed by atoms with E-state index in [-0.39, 0.29) is 12.0 Å². The van der Waals surface area contributed by atoms with Crippen LogP contribution in [-0.2, 0) is 15.5 Å². The number of nitrogens with zero attached hydrogens (tertiary/aromatic N) is 1. The first-order chi connectivity index (χ1) is 16.2. The van der Waals surface area contributed by atoms with Crippen molar-refractivity contribution >= 4 is 29.0 Å². The van der Waals surface area contributed by atoms with Gasteiger partial charge in [-0.05, 0) is 55.7 Å². The van der Waals surface area contributed by atoms with E-state index >= 15 is 0 Å². The molecule has 0 aliphatic rings. The summed E-state index contributed by atoms with van der Waals surface area (Å²) in [4.78, 5) is 15.3. The molecule has 2 heterocycles. The molecule has 4 rings (SSSR count). The van der Waals surface area contributed by atoms with Crippen LogP contribution < -0.4 is 0 Å². The molecule has 0 aliphatic carbocycles. The Kier molecular flexibility index (Phi) is 7.24. The van der Waals surface area contributed by atoms with E-state index in [4.69, 9.17) is 4.52 Å². The highest BCUT2D eigenvalue weighted by Crippen LogP contribution is 2.62. The first-order valence-electron chi connectivity index (χ1n) is 10.8. The summed E-state index contributed by atoms with van der Waals surface area (Å²) in [6.45, 7) is 3.51. The monoisotopic (exact) mass is 505 g/mol. The second-order valence-electron chi connectivity index (χ2n) is 8.04. The van der Waals surface area contributed by atoms with Crippen LogP contribution in [0, 0.1) is 17.6 Å². The molecule has 0 radical (unpaired) electrons. The number of aromatic nitrogens is 1. The van der Waals surface area contributed by atoms with E-state index in [1.807, 2.05) is 25.1 Å². The highest BCUT2D eigenvalue weighted by molar-refractivity contribution is 7.53. The van der Waals surface area contributed by atoms with Crippen molar-refractivity contribution in [1.29, 1.82) is 0 Å². The van der Waals surface area contributed by atoms with Crippen LogP contribution >= 0.6 is 18.9 Å². The van der Waals surface area contributed by atoms with Crippen molar-refractivity contribution in [1.82, 2.24) is 4.98 Å². The maximum Gasteiger partial charge on any atom is 0.336 e. The average molecular weight is 505 g/mol. The fourth-order valence-corrected chi connectivity index (χ4v) is 7.24. The highest BCUT2D eigenvalue weighted by Gasteiger charge is 2.39. The smallest absolute Gasteiger partial charge is 0.324 e. The summed E-state index contributed by atoms with van der Waals surface area (Å²) < 4.78 is 62.4. The van der Waals surface area contributed by atoms with Crippen LogP contribution in [0.25, 0.3) is 21.2 Å². The van der Waals surface area contributed by atoms with E-state index in [0.717, 1.165) is 16.8 Å². The molecule has 1 N–H and O–H groups in total. The van der Waals surface area contributed by atoms with Crippen molar-refractivity contribution in [3.63, 3.8) is 0 Å². The summed E-state index contributed by atoms with van der Waals surface area (Å²) in [6, 6.07) is 13.8. The molecule has 178 valence electrons. The molecule has 0 bridgehead atoms. The molecular formula is C25H23F3NO3PS. The van der Waals surface area contributed by atoms with Crippen molar-refractivity contribution < 1.29 is 27.2 Å². The topological polar surface area (TPSA) is 59.4 Å². The van der Waals surface area contributed by atoms with Crippen molar-refractivity contribution in [2.45, 2.75) is 38.5 Å². The number of hydrogen-bond acceptors (Lipinski definition) is 4. The van der Waals surface area contributed by atoms with E-state index in [0.29, 0.717) is 27.8 Å². The second kappa shape index (κ2) is 10.0. The lowest BCUT2D eigenvalue weighted by molar-refractivity contribution is 0.180. The third kappa shape index (κ3) is 4.96. The zero-order valence-electron chi connectivity index (χ0n) is 18.5. The van der Waals surface area contributed by atoms with Crippen LogP contribution in [-0.4, -0.2) is 16.0 Å². The zero-order chi connectivity index (χ0) is 24.5.